The molecule has 0 atom stereocenters. The van der Waals surface area contributed by atoms with E-state index in [9.17, 15) is 14.4 Å². The van der Waals surface area contributed by atoms with Crippen LogP contribution in [0, 0.1) is 0 Å². The summed E-state index contributed by atoms with van der Waals surface area (Å²) in [6.45, 7) is 3.21. The lowest BCUT2D eigenvalue weighted by molar-refractivity contribution is -0.118. The molecular formula is C21H24N4O5. The first-order valence-corrected chi connectivity index (χ1v) is 9.29. The Balaban J connectivity index is 2.37. The molecule has 9 heteroatoms. The fourth-order valence-corrected chi connectivity index (χ4v) is 2.37. The largest absolute Gasteiger partial charge is 0.457 e. The molecule has 0 aliphatic heterocycles. The van der Waals surface area contributed by atoms with Gasteiger partial charge in [0.1, 0.15) is 11.5 Å². The van der Waals surface area contributed by atoms with Gasteiger partial charge in [-0.2, -0.15) is 4.99 Å². The van der Waals surface area contributed by atoms with E-state index < -0.39 is 12.0 Å². The van der Waals surface area contributed by atoms with Gasteiger partial charge < -0.3 is 20.1 Å². The van der Waals surface area contributed by atoms with Crippen LogP contribution in [0.5, 0.6) is 11.5 Å². The fourth-order valence-electron chi connectivity index (χ4n) is 2.37. The number of amides is 3. The zero-order chi connectivity index (χ0) is 21.9. The zero-order valence-corrected chi connectivity index (χ0v) is 17.0. The Bertz CT molecular complexity index is 928. The number of ether oxygens (including phenoxy) is 2. The molecule has 0 saturated heterocycles. The highest BCUT2D eigenvalue weighted by atomic mass is 16.5. The van der Waals surface area contributed by atoms with Crippen LogP contribution in [0.1, 0.15) is 26.7 Å². The molecule has 158 valence electrons. The molecule has 2 aromatic carbocycles. The van der Waals surface area contributed by atoms with Crippen molar-refractivity contribution in [2.24, 2.45) is 4.99 Å². The van der Waals surface area contributed by atoms with Gasteiger partial charge in [0.05, 0.1) is 18.5 Å². The molecule has 9 nitrogen and oxygen atoms in total. The van der Waals surface area contributed by atoms with Gasteiger partial charge in [-0.15, -0.1) is 0 Å². The number of carbonyl (C=O) groups excluding carboxylic acids is 3. The van der Waals surface area contributed by atoms with Gasteiger partial charge in [0.25, 0.3) is 0 Å². The number of hydrogen-bond donors (Lipinski definition) is 3. The smallest absolute Gasteiger partial charge is 0.413 e. The molecule has 2 aromatic rings. The normalized spacial score (nSPS) is 10.7. The van der Waals surface area contributed by atoms with Crippen LogP contribution in [0.15, 0.2) is 53.5 Å². The van der Waals surface area contributed by atoms with Crippen LogP contribution in [0.25, 0.3) is 0 Å². The predicted octanol–water partition coefficient (Wildman–Crippen LogP) is 3.89. The summed E-state index contributed by atoms with van der Waals surface area (Å²) in [6.07, 6.45) is 0.0121. The van der Waals surface area contributed by atoms with Crippen molar-refractivity contribution >= 4 is 35.2 Å². The first-order valence-electron chi connectivity index (χ1n) is 9.29. The molecule has 0 unspecified atom stereocenters. The highest BCUT2D eigenvalue weighted by Crippen LogP contribution is 2.30. The number of anilines is 2. The minimum atomic E-state index is -0.802. The Hall–Kier alpha value is -3.88. The number of benzene rings is 2. The second kappa shape index (κ2) is 11.2. The third-order valence-corrected chi connectivity index (χ3v) is 3.64. The summed E-state index contributed by atoms with van der Waals surface area (Å²) in [5.74, 6) is 0.236. The van der Waals surface area contributed by atoms with Crippen molar-refractivity contribution in [2.45, 2.75) is 26.7 Å². The topological polar surface area (TPSA) is 118 Å². The summed E-state index contributed by atoms with van der Waals surface area (Å²) < 4.78 is 10.4. The number of alkyl carbamates (subject to hydrolysis) is 1. The van der Waals surface area contributed by atoms with E-state index in [-0.39, 0.29) is 18.3 Å². The summed E-state index contributed by atoms with van der Waals surface area (Å²) in [7, 11) is 1.19. The number of para-hydroxylation sites is 1. The van der Waals surface area contributed by atoms with E-state index in [2.05, 4.69) is 25.7 Å². The summed E-state index contributed by atoms with van der Waals surface area (Å²) in [5, 5.41) is 7.89. The Morgan fingerprint density at radius 2 is 1.70 bits per heavy atom. The van der Waals surface area contributed by atoms with Gasteiger partial charge in [-0.05, 0) is 30.7 Å². The number of nitrogens with zero attached hydrogens (tertiary/aromatic N) is 1. The summed E-state index contributed by atoms with van der Waals surface area (Å²) >= 11 is 0. The SMILES string of the molecule is CCCC(=O)/N=C(/NC(=O)OC)Nc1cc(Oc2ccccc2)ccc1NC(C)=O. The van der Waals surface area contributed by atoms with Crippen LogP contribution >= 0.6 is 0 Å². The van der Waals surface area contributed by atoms with E-state index in [0.29, 0.717) is 29.3 Å². The van der Waals surface area contributed by atoms with E-state index in [0.717, 1.165) is 0 Å². The van der Waals surface area contributed by atoms with Crippen molar-refractivity contribution in [3.63, 3.8) is 0 Å². The summed E-state index contributed by atoms with van der Waals surface area (Å²) in [4.78, 5) is 39.1. The molecule has 0 fully saturated rings. The van der Waals surface area contributed by atoms with Crippen molar-refractivity contribution in [2.75, 3.05) is 17.7 Å². The third-order valence-electron chi connectivity index (χ3n) is 3.64. The average molecular weight is 412 g/mol. The lowest BCUT2D eigenvalue weighted by Crippen LogP contribution is -2.36. The van der Waals surface area contributed by atoms with Gasteiger partial charge in [-0.1, -0.05) is 25.1 Å². The van der Waals surface area contributed by atoms with Gasteiger partial charge in [0.2, 0.25) is 17.8 Å². The number of rotatable bonds is 6. The Labute approximate surface area is 174 Å². The third kappa shape index (κ3) is 7.27. The van der Waals surface area contributed by atoms with Crippen molar-refractivity contribution in [3.05, 3.63) is 48.5 Å². The second-order valence-corrected chi connectivity index (χ2v) is 6.15. The van der Waals surface area contributed by atoms with Crippen LogP contribution in [-0.2, 0) is 14.3 Å². The molecule has 0 spiro atoms. The summed E-state index contributed by atoms with van der Waals surface area (Å²) in [5.41, 5.74) is 0.767. The molecule has 0 saturated carbocycles. The van der Waals surface area contributed by atoms with Gasteiger partial charge in [0.15, 0.2) is 0 Å². The Morgan fingerprint density at radius 3 is 2.33 bits per heavy atom. The van der Waals surface area contributed by atoms with E-state index in [1.165, 1.54) is 14.0 Å². The minimum absolute atomic E-state index is 0.135. The van der Waals surface area contributed by atoms with Crippen LogP contribution in [0.4, 0.5) is 16.2 Å². The monoisotopic (exact) mass is 412 g/mol. The molecule has 0 aliphatic carbocycles. The molecule has 0 bridgehead atoms. The van der Waals surface area contributed by atoms with Crippen molar-refractivity contribution in [3.8, 4) is 11.5 Å². The van der Waals surface area contributed by atoms with Crippen LogP contribution in [0.2, 0.25) is 0 Å². The highest BCUT2D eigenvalue weighted by molar-refractivity contribution is 6.09. The summed E-state index contributed by atoms with van der Waals surface area (Å²) in [6, 6.07) is 14.1. The first-order chi connectivity index (χ1) is 14.4. The van der Waals surface area contributed by atoms with Crippen molar-refractivity contribution < 1.29 is 23.9 Å². The fraction of sp³-hybridized carbons (Fsp3) is 0.238. The molecule has 30 heavy (non-hydrogen) atoms. The van der Waals surface area contributed by atoms with E-state index >= 15 is 0 Å². The van der Waals surface area contributed by atoms with Gasteiger partial charge in [-0.25, -0.2) is 4.79 Å². The predicted molar refractivity (Wildman–Crippen MR) is 114 cm³/mol. The molecule has 0 aromatic heterocycles. The maximum atomic E-state index is 12.0. The number of aliphatic imine (C=N–C) groups is 1. The standard InChI is InChI=1S/C21H24N4O5/c1-4-8-19(27)24-20(25-21(28)29-3)23-18-13-16(11-12-17(18)22-14(2)26)30-15-9-6-5-7-10-15/h5-7,9-13H,4,8H2,1-3H3,(H,22,26)(H2,23,24,25,27,28). The lowest BCUT2D eigenvalue weighted by Gasteiger charge is -2.16. The molecule has 3 N–H and O–H groups in total. The van der Waals surface area contributed by atoms with Crippen molar-refractivity contribution in [1.29, 1.82) is 0 Å². The maximum Gasteiger partial charge on any atom is 0.413 e. The molecule has 0 aliphatic rings. The van der Waals surface area contributed by atoms with Gasteiger partial charge in [-0.3, -0.25) is 14.9 Å². The lowest BCUT2D eigenvalue weighted by atomic mass is 10.2. The first kappa shape index (κ1) is 22.4. The number of hydrogen-bond acceptors (Lipinski definition) is 5. The molecule has 3 amide bonds. The van der Waals surface area contributed by atoms with Crippen LogP contribution in [-0.4, -0.2) is 31.0 Å². The zero-order valence-electron chi connectivity index (χ0n) is 17.0. The van der Waals surface area contributed by atoms with Crippen LogP contribution < -0.4 is 20.7 Å². The van der Waals surface area contributed by atoms with E-state index in [1.807, 2.05) is 25.1 Å². The maximum absolute atomic E-state index is 12.0. The van der Waals surface area contributed by atoms with Crippen LogP contribution in [0.3, 0.4) is 0 Å². The molecular weight excluding hydrogens is 388 g/mol. The number of guanidine groups is 1. The van der Waals surface area contributed by atoms with Gasteiger partial charge in [0, 0.05) is 19.4 Å². The number of methoxy groups -OCH3 is 1. The number of carbonyl (C=O) groups is 3. The Kier molecular flexibility index (Phi) is 8.37. The van der Waals surface area contributed by atoms with Gasteiger partial charge >= 0.3 is 6.09 Å². The number of nitrogens with one attached hydrogen (secondary N) is 3. The molecule has 0 radical (unpaired) electrons. The molecule has 2 rings (SSSR count). The highest BCUT2D eigenvalue weighted by Gasteiger charge is 2.13. The minimum Gasteiger partial charge on any atom is -0.457 e. The van der Waals surface area contributed by atoms with Crippen molar-refractivity contribution in [1.82, 2.24) is 5.32 Å². The van der Waals surface area contributed by atoms with E-state index in [1.54, 1.807) is 30.3 Å². The Morgan fingerprint density at radius 1 is 0.967 bits per heavy atom. The quantitative estimate of drug-likeness (QED) is 0.489. The second-order valence-electron chi connectivity index (χ2n) is 6.15. The van der Waals surface area contributed by atoms with E-state index in [4.69, 9.17) is 4.74 Å². The molecule has 0 heterocycles. The average Bonchev–Trinajstić information content (AvgIpc) is 2.70.